The van der Waals surface area contributed by atoms with Gasteiger partial charge in [-0.15, -0.1) is 0 Å². The number of hydrogen-bond donors (Lipinski definition) is 12. The molecule has 2 fully saturated rings. The van der Waals surface area contributed by atoms with Gasteiger partial charge in [0.05, 0.1) is 81.4 Å². The number of phenols is 6. The van der Waals surface area contributed by atoms with Crippen LogP contribution in [0.3, 0.4) is 0 Å². The number of halogens is 2. The second-order valence-corrected chi connectivity index (χ2v) is 20.2. The minimum Gasteiger partial charge on any atom is -1.00 e. The van der Waals surface area contributed by atoms with Gasteiger partial charge in [0, 0.05) is 84.0 Å². The molecule has 0 bridgehead atoms. The number of fused-ring (bicyclic) bond motifs is 6. The molecule has 0 aromatic heterocycles. The van der Waals surface area contributed by atoms with Crippen LogP contribution in [0.15, 0.2) is 46.6 Å². The first-order valence-corrected chi connectivity index (χ1v) is 23.9. The fourth-order valence-corrected chi connectivity index (χ4v) is 11.4. The maximum absolute atomic E-state index is 14.0. The molecule has 6 aliphatic rings. The molecule has 0 amide bonds. The first kappa shape index (κ1) is 56.1. The number of aliphatic hydroxyl groups is 4. The van der Waals surface area contributed by atoms with Crippen molar-refractivity contribution in [3.63, 3.8) is 0 Å². The van der Waals surface area contributed by atoms with Crippen LogP contribution in [-0.2, 0) is 31.8 Å². The molecular formula is C52H56Cl2N4O18. The highest BCUT2D eigenvalue weighted by molar-refractivity contribution is 6.32. The number of phenolic OH excluding ortho intramolecular Hbond substituents is 6. The Morgan fingerprint density at radius 2 is 0.921 bits per heavy atom. The topological polar surface area (TPSA) is 384 Å². The van der Waals surface area contributed by atoms with Gasteiger partial charge in [0.25, 0.3) is 0 Å². The Labute approximate surface area is 448 Å². The number of hydrogen-bond acceptors (Lipinski definition) is 22. The summed E-state index contributed by atoms with van der Waals surface area (Å²) in [5.41, 5.74) is 3.30. The van der Waals surface area contributed by atoms with E-state index in [1.54, 1.807) is 13.8 Å². The van der Waals surface area contributed by atoms with Crippen LogP contribution in [0.4, 0.5) is 0 Å². The summed E-state index contributed by atoms with van der Waals surface area (Å²) < 4.78 is 24.5. The van der Waals surface area contributed by atoms with E-state index in [1.165, 1.54) is 50.2 Å². The van der Waals surface area contributed by atoms with Crippen molar-refractivity contribution in [3.8, 4) is 34.5 Å². The van der Waals surface area contributed by atoms with Crippen LogP contribution in [-0.4, -0.2) is 146 Å². The molecule has 4 aromatic rings. The van der Waals surface area contributed by atoms with Gasteiger partial charge in [0.1, 0.15) is 45.7 Å². The molecule has 2 saturated heterocycles. The third kappa shape index (κ3) is 8.69. The van der Waals surface area contributed by atoms with E-state index >= 15 is 0 Å². The number of ketones is 4. The van der Waals surface area contributed by atoms with Gasteiger partial charge in [0.15, 0.2) is 24.1 Å². The Morgan fingerprint density at radius 3 is 1.26 bits per heavy atom. The maximum atomic E-state index is 14.0. The molecule has 0 radical (unpaired) electrons. The summed E-state index contributed by atoms with van der Waals surface area (Å²) in [7, 11) is 0. The highest BCUT2D eigenvalue weighted by Gasteiger charge is 2.52. The predicted octanol–water partition coefficient (Wildman–Crippen LogP) is -3.64. The van der Waals surface area contributed by atoms with Gasteiger partial charge in [-0.2, -0.15) is 10.2 Å². The quantitative estimate of drug-likeness (QED) is 0.0417. The first-order valence-electron chi connectivity index (χ1n) is 23.9. The van der Waals surface area contributed by atoms with Crippen molar-refractivity contribution in [3.05, 3.63) is 103 Å². The molecule has 2 aliphatic heterocycles. The van der Waals surface area contributed by atoms with Crippen LogP contribution in [0.2, 0.25) is 0 Å². The summed E-state index contributed by atoms with van der Waals surface area (Å²) in [4.78, 5) is 56.1. The number of nitrogens with zero attached hydrogens (tertiary/aromatic N) is 2. The van der Waals surface area contributed by atoms with Crippen LogP contribution >= 0.6 is 0 Å². The van der Waals surface area contributed by atoms with Gasteiger partial charge in [0.2, 0.25) is 11.6 Å². The summed E-state index contributed by atoms with van der Waals surface area (Å²) >= 11 is 0. The molecule has 10 rings (SSSR count). The molecule has 2 heterocycles. The molecular weight excluding hydrogens is 1040 g/mol. The monoisotopic (exact) mass is 1090 g/mol. The Hall–Kier alpha value is -6.12. The molecule has 12 atom stereocenters. The second kappa shape index (κ2) is 20.0. The number of aromatic hydroxyl groups is 6. The number of ether oxygens (including phenoxy) is 4. The van der Waals surface area contributed by atoms with Crippen LogP contribution < -0.4 is 36.3 Å². The number of rotatable bonds is 7. The normalized spacial score (nSPS) is 30.9. The molecule has 4 aliphatic carbocycles. The van der Waals surface area contributed by atoms with Gasteiger partial charge in [-0.1, -0.05) is 24.3 Å². The maximum Gasteiger partial charge on any atom is 1.00 e. The highest BCUT2D eigenvalue weighted by atomic mass is 35.5. The van der Waals surface area contributed by atoms with Crippen molar-refractivity contribution >= 4 is 34.6 Å². The largest absolute Gasteiger partial charge is 1.00 e. The van der Waals surface area contributed by atoms with Crippen LogP contribution in [0, 0.1) is 0 Å². The SMILES string of the molecule is C/C(=N\N=C(/C)C1(O)Cc2c(O)c3c(c(O)c2C(OC2CC(N)C(O)C(C)O2)C1)C(=O)c1c(O)cccc1C3=O)C1(O)Cc2c(O)c3c(c(O)c2C(OC2CC(N)C(O)C(C)O2)C1)C(=O)c1c(O)cccc1C3=O.[Cl-].[Cl-].[H+].[H+]. The van der Waals surface area contributed by atoms with Gasteiger partial charge < -0.3 is 106 Å². The Morgan fingerprint density at radius 1 is 0.579 bits per heavy atom. The molecule has 0 spiro atoms. The van der Waals surface area contributed by atoms with E-state index in [4.69, 9.17) is 30.4 Å². The number of carbonyl (C=O) groups is 4. The molecule has 14 N–H and O–H groups in total. The van der Waals surface area contributed by atoms with E-state index in [0.717, 1.165) is 0 Å². The van der Waals surface area contributed by atoms with Crippen LogP contribution in [0.1, 0.15) is 154 Å². The summed E-state index contributed by atoms with van der Waals surface area (Å²) in [5.74, 6) is -7.91. The van der Waals surface area contributed by atoms with Crippen LogP contribution in [0.25, 0.3) is 0 Å². The lowest BCUT2D eigenvalue weighted by Crippen LogP contribution is -3.00. The molecule has 76 heavy (non-hydrogen) atoms. The Balaban J connectivity index is 0.00000246. The van der Waals surface area contributed by atoms with Crippen molar-refractivity contribution in [1.29, 1.82) is 0 Å². The molecule has 0 saturated carbocycles. The number of nitrogens with two attached hydrogens (primary N) is 2. The van der Waals surface area contributed by atoms with Gasteiger partial charge >= 0.3 is 2.85 Å². The molecule has 24 heteroatoms. The van der Waals surface area contributed by atoms with Crippen molar-refractivity contribution < 1.29 is 117 Å². The Kier molecular flexibility index (Phi) is 14.8. The van der Waals surface area contributed by atoms with Crippen molar-refractivity contribution in [2.75, 3.05) is 0 Å². The molecule has 406 valence electrons. The Bertz CT molecular complexity index is 2990. The van der Waals surface area contributed by atoms with E-state index in [9.17, 15) is 70.2 Å². The number of carbonyl (C=O) groups excluding carboxylic acids is 4. The van der Waals surface area contributed by atoms with E-state index in [1.807, 2.05) is 0 Å². The lowest BCUT2D eigenvalue weighted by molar-refractivity contribution is -0.246. The predicted molar refractivity (Wildman–Crippen MR) is 258 cm³/mol. The zero-order chi connectivity index (χ0) is 53.4. The first-order chi connectivity index (χ1) is 34.9. The fraction of sp³-hybridized carbons (Fsp3) is 0.423. The standard InChI is InChI=1S/C52H54N4O18.2ClH/c1-17-41(59)25(53)11-31(71-17)73-29-15-51(69,13-23-35(29)49(67)39-37(45(23)63)43(61)21-7-5-9-27(57)33(21)47(39)65)19(3)55-56-20(4)52(70)14-24-36(30(16-52)74-32-12-26(54)42(60)18(2)72-32)50(68)40-38(46(24)64)44(62)22-8-6-10-28(58)34(22)48(40)66;;/h5-10,17-18,25-26,29-32,41-42,57-60,63-64,67-70H,11-16,53-54H2,1-4H3;2*1H/b55-19+,56-20+;;. The average Bonchev–Trinajstić information content (AvgIpc) is 3.34. The summed E-state index contributed by atoms with van der Waals surface area (Å²) in [6.07, 6.45) is -11.3. The van der Waals surface area contributed by atoms with Crippen LogP contribution in [0.5, 0.6) is 34.5 Å². The zero-order valence-corrected chi connectivity index (χ0v) is 42.5. The smallest absolute Gasteiger partial charge is 1.00 e. The lowest BCUT2D eigenvalue weighted by atomic mass is 9.71. The molecule has 4 aromatic carbocycles. The van der Waals surface area contributed by atoms with Crippen molar-refractivity contribution in [2.24, 2.45) is 21.7 Å². The number of benzene rings is 4. The highest BCUT2D eigenvalue weighted by Crippen LogP contribution is 2.55. The van der Waals surface area contributed by atoms with E-state index in [2.05, 4.69) is 10.2 Å². The third-order valence-electron chi connectivity index (χ3n) is 15.6. The minimum atomic E-state index is -2.16. The van der Waals surface area contributed by atoms with Gasteiger partial charge in [-0.05, 0) is 39.8 Å². The summed E-state index contributed by atoms with van der Waals surface area (Å²) in [6.45, 7) is 5.84. The zero-order valence-electron chi connectivity index (χ0n) is 43.0. The summed E-state index contributed by atoms with van der Waals surface area (Å²) in [6, 6.07) is 5.90. The van der Waals surface area contributed by atoms with E-state index < -0.39 is 189 Å². The number of aliphatic hydroxyl groups excluding tert-OH is 2. The average molecular weight is 1100 g/mol. The van der Waals surface area contributed by atoms with E-state index in [-0.39, 0.29) is 85.3 Å². The molecule has 12 unspecified atom stereocenters. The molecule has 22 nitrogen and oxygen atoms in total. The van der Waals surface area contributed by atoms with E-state index in [0.29, 0.717) is 0 Å². The van der Waals surface area contributed by atoms with Crippen molar-refractivity contribution in [1.82, 2.24) is 0 Å². The van der Waals surface area contributed by atoms with Crippen molar-refractivity contribution in [2.45, 2.75) is 139 Å². The minimum absolute atomic E-state index is 0. The second-order valence-electron chi connectivity index (χ2n) is 20.2. The van der Waals surface area contributed by atoms with Gasteiger partial charge in [-0.3, -0.25) is 19.2 Å². The lowest BCUT2D eigenvalue weighted by Gasteiger charge is -2.43. The summed E-state index contributed by atoms with van der Waals surface area (Å²) in [5, 5.41) is 124. The van der Waals surface area contributed by atoms with Gasteiger partial charge in [-0.25, -0.2) is 0 Å². The fourth-order valence-electron chi connectivity index (χ4n) is 11.4. The third-order valence-corrected chi connectivity index (χ3v) is 15.6.